The van der Waals surface area contributed by atoms with Crippen molar-refractivity contribution in [3.8, 4) is 0 Å². The van der Waals surface area contributed by atoms with E-state index in [1.165, 1.54) is 18.2 Å². The lowest BCUT2D eigenvalue weighted by Gasteiger charge is -2.04. The van der Waals surface area contributed by atoms with Crippen molar-refractivity contribution in [1.29, 1.82) is 0 Å². The van der Waals surface area contributed by atoms with Gasteiger partial charge in [0.15, 0.2) is 0 Å². The highest BCUT2D eigenvalue weighted by atomic mass is 19.1. The normalized spacial score (nSPS) is 11.4. The summed E-state index contributed by atoms with van der Waals surface area (Å²) in [7, 11) is 0. The lowest BCUT2D eigenvalue weighted by atomic mass is 10.0. The molecule has 0 radical (unpaired) electrons. The van der Waals surface area contributed by atoms with Crippen molar-refractivity contribution < 1.29 is 8.81 Å². The lowest BCUT2D eigenvalue weighted by molar-refractivity contribution is 0.615. The standard InChI is InChI=1S/C17H9FO2/c18-11-6-7-13-15(9-11)20-14-8-5-10-3-1-2-4-12(10)16(14)17(13)19/h1-9H. The highest BCUT2D eigenvalue weighted by Crippen LogP contribution is 2.26. The monoisotopic (exact) mass is 264 g/mol. The summed E-state index contributed by atoms with van der Waals surface area (Å²) >= 11 is 0. The van der Waals surface area contributed by atoms with Crippen molar-refractivity contribution >= 4 is 32.7 Å². The number of halogens is 1. The minimum atomic E-state index is -0.416. The number of hydrogen-bond acceptors (Lipinski definition) is 2. The fraction of sp³-hybridized carbons (Fsp3) is 0. The van der Waals surface area contributed by atoms with Gasteiger partial charge in [0.25, 0.3) is 0 Å². The Morgan fingerprint density at radius 3 is 2.60 bits per heavy atom. The third kappa shape index (κ3) is 1.46. The lowest BCUT2D eigenvalue weighted by Crippen LogP contribution is -2.02. The number of benzene rings is 3. The molecule has 2 nitrogen and oxygen atoms in total. The second-order valence-electron chi connectivity index (χ2n) is 4.73. The van der Waals surface area contributed by atoms with Crippen molar-refractivity contribution in [2.45, 2.75) is 0 Å². The van der Waals surface area contributed by atoms with Crippen molar-refractivity contribution in [3.05, 3.63) is 70.6 Å². The number of fused-ring (bicyclic) bond motifs is 4. The molecule has 0 saturated heterocycles. The first-order valence-corrected chi connectivity index (χ1v) is 6.28. The summed E-state index contributed by atoms with van der Waals surface area (Å²) in [5.41, 5.74) is 0.627. The number of hydrogen-bond donors (Lipinski definition) is 0. The molecule has 0 N–H and O–H groups in total. The van der Waals surface area contributed by atoms with E-state index in [0.29, 0.717) is 16.4 Å². The van der Waals surface area contributed by atoms with Gasteiger partial charge in [-0.25, -0.2) is 4.39 Å². The Morgan fingerprint density at radius 1 is 0.850 bits per heavy atom. The Morgan fingerprint density at radius 2 is 1.70 bits per heavy atom. The summed E-state index contributed by atoms with van der Waals surface area (Å²) in [5, 5.41) is 2.77. The van der Waals surface area contributed by atoms with Gasteiger partial charge in [0.1, 0.15) is 17.0 Å². The molecule has 3 aromatic carbocycles. The average Bonchev–Trinajstić information content (AvgIpc) is 2.46. The van der Waals surface area contributed by atoms with Crippen LogP contribution in [0.1, 0.15) is 0 Å². The fourth-order valence-electron chi connectivity index (χ4n) is 2.59. The Bertz CT molecular complexity index is 1030. The minimum Gasteiger partial charge on any atom is -0.456 e. The highest BCUT2D eigenvalue weighted by molar-refractivity contribution is 6.08. The molecule has 20 heavy (non-hydrogen) atoms. The molecule has 0 fully saturated rings. The summed E-state index contributed by atoms with van der Waals surface area (Å²) in [6.07, 6.45) is 0. The Balaban J connectivity index is 2.33. The predicted molar refractivity (Wildman–Crippen MR) is 77.5 cm³/mol. The Hall–Kier alpha value is -2.68. The van der Waals surface area contributed by atoms with Gasteiger partial charge in [-0.05, 0) is 29.0 Å². The van der Waals surface area contributed by atoms with Crippen LogP contribution in [0.3, 0.4) is 0 Å². The van der Waals surface area contributed by atoms with Crippen LogP contribution >= 0.6 is 0 Å². The second kappa shape index (κ2) is 3.90. The summed E-state index contributed by atoms with van der Waals surface area (Å²) < 4.78 is 18.9. The van der Waals surface area contributed by atoms with Gasteiger partial charge in [-0.2, -0.15) is 0 Å². The van der Waals surface area contributed by atoms with Gasteiger partial charge in [0, 0.05) is 6.07 Å². The zero-order valence-electron chi connectivity index (χ0n) is 10.4. The van der Waals surface area contributed by atoms with Crippen LogP contribution < -0.4 is 5.43 Å². The average molecular weight is 264 g/mol. The summed E-state index contributed by atoms with van der Waals surface area (Å²) in [6, 6.07) is 15.3. The van der Waals surface area contributed by atoms with Gasteiger partial charge in [-0.15, -0.1) is 0 Å². The van der Waals surface area contributed by atoms with Gasteiger partial charge in [0.2, 0.25) is 5.43 Å². The van der Waals surface area contributed by atoms with E-state index in [2.05, 4.69) is 0 Å². The minimum absolute atomic E-state index is 0.127. The topological polar surface area (TPSA) is 30.2 Å². The molecule has 0 aliphatic heterocycles. The molecule has 0 bridgehead atoms. The van der Waals surface area contributed by atoms with E-state index in [1.54, 1.807) is 6.07 Å². The summed E-state index contributed by atoms with van der Waals surface area (Å²) in [6.45, 7) is 0. The SMILES string of the molecule is O=c1c2ccc(F)cc2oc2ccc3ccccc3c12. The van der Waals surface area contributed by atoms with Gasteiger partial charge >= 0.3 is 0 Å². The first-order chi connectivity index (χ1) is 9.74. The van der Waals surface area contributed by atoms with E-state index in [4.69, 9.17) is 4.42 Å². The third-order valence-electron chi connectivity index (χ3n) is 3.53. The highest BCUT2D eigenvalue weighted by Gasteiger charge is 2.11. The molecule has 0 atom stereocenters. The second-order valence-corrected chi connectivity index (χ2v) is 4.73. The molecule has 1 aromatic heterocycles. The molecule has 0 unspecified atom stereocenters. The third-order valence-corrected chi connectivity index (χ3v) is 3.53. The zero-order chi connectivity index (χ0) is 13.7. The molecular formula is C17H9FO2. The first-order valence-electron chi connectivity index (χ1n) is 6.28. The molecule has 0 amide bonds. The van der Waals surface area contributed by atoms with Crippen LogP contribution in [-0.4, -0.2) is 0 Å². The maximum absolute atomic E-state index is 13.3. The van der Waals surface area contributed by atoms with E-state index >= 15 is 0 Å². The number of rotatable bonds is 0. The van der Waals surface area contributed by atoms with Crippen molar-refractivity contribution in [2.75, 3.05) is 0 Å². The van der Waals surface area contributed by atoms with Crippen LogP contribution in [0.4, 0.5) is 4.39 Å². The molecule has 0 spiro atoms. The summed E-state index contributed by atoms with van der Waals surface area (Å²) in [5.74, 6) is -0.416. The van der Waals surface area contributed by atoms with Crippen molar-refractivity contribution in [3.63, 3.8) is 0 Å². The van der Waals surface area contributed by atoms with Crippen LogP contribution in [0, 0.1) is 5.82 Å². The molecule has 96 valence electrons. The largest absolute Gasteiger partial charge is 0.456 e. The van der Waals surface area contributed by atoms with Crippen LogP contribution in [0.2, 0.25) is 0 Å². The predicted octanol–water partition coefficient (Wildman–Crippen LogP) is 4.24. The van der Waals surface area contributed by atoms with Gasteiger partial charge < -0.3 is 4.42 Å². The molecule has 0 saturated carbocycles. The van der Waals surface area contributed by atoms with Crippen LogP contribution in [-0.2, 0) is 0 Å². The van der Waals surface area contributed by atoms with E-state index in [0.717, 1.165) is 10.8 Å². The zero-order valence-corrected chi connectivity index (χ0v) is 10.4. The smallest absolute Gasteiger partial charge is 0.201 e. The summed E-state index contributed by atoms with van der Waals surface area (Å²) in [4.78, 5) is 12.6. The maximum atomic E-state index is 13.3. The van der Waals surface area contributed by atoms with E-state index in [1.807, 2.05) is 30.3 Å². The molecule has 4 aromatic rings. The Labute approximate surface area is 113 Å². The molecule has 3 heteroatoms. The van der Waals surface area contributed by atoms with E-state index in [-0.39, 0.29) is 11.0 Å². The molecular weight excluding hydrogens is 255 g/mol. The fourth-order valence-corrected chi connectivity index (χ4v) is 2.59. The molecule has 1 heterocycles. The van der Waals surface area contributed by atoms with E-state index in [9.17, 15) is 9.18 Å². The Kier molecular flexibility index (Phi) is 2.18. The quantitative estimate of drug-likeness (QED) is 0.351. The van der Waals surface area contributed by atoms with Crippen LogP contribution in [0.5, 0.6) is 0 Å². The molecule has 0 aliphatic rings. The van der Waals surface area contributed by atoms with Crippen LogP contribution in [0.15, 0.2) is 63.8 Å². The van der Waals surface area contributed by atoms with Crippen molar-refractivity contribution in [2.24, 2.45) is 0 Å². The van der Waals surface area contributed by atoms with Gasteiger partial charge in [0.05, 0.1) is 10.8 Å². The van der Waals surface area contributed by atoms with Gasteiger partial charge in [-0.3, -0.25) is 4.79 Å². The maximum Gasteiger partial charge on any atom is 0.201 e. The van der Waals surface area contributed by atoms with Crippen LogP contribution in [0.25, 0.3) is 32.7 Å². The molecule has 4 rings (SSSR count). The van der Waals surface area contributed by atoms with Gasteiger partial charge in [-0.1, -0.05) is 30.3 Å². The first kappa shape index (κ1) is 11.2. The van der Waals surface area contributed by atoms with E-state index < -0.39 is 5.82 Å². The van der Waals surface area contributed by atoms with Crippen molar-refractivity contribution in [1.82, 2.24) is 0 Å². The molecule has 0 aliphatic carbocycles.